The molecule has 0 fully saturated rings. The summed E-state index contributed by atoms with van der Waals surface area (Å²) in [6.45, 7) is 8.82. The van der Waals surface area contributed by atoms with Gasteiger partial charge in [0.1, 0.15) is 0 Å². The van der Waals surface area contributed by atoms with Crippen molar-refractivity contribution in [2.24, 2.45) is 5.73 Å². The molecule has 3 nitrogen and oxygen atoms in total. The van der Waals surface area contributed by atoms with Crippen LogP contribution in [-0.4, -0.2) is 18.0 Å². The minimum Gasteiger partial charge on any atom is -0.349 e. The lowest BCUT2D eigenvalue weighted by molar-refractivity contribution is -0.124. The summed E-state index contributed by atoms with van der Waals surface area (Å²) in [4.78, 5) is 12.4. The number of hydrogen-bond donors (Lipinski definition) is 2. The van der Waals surface area contributed by atoms with Crippen molar-refractivity contribution in [1.82, 2.24) is 5.32 Å². The molecule has 1 aromatic carbocycles. The summed E-state index contributed by atoms with van der Waals surface area (Å²) in [6, 6.07) is 10.2. The molecular weight excluding hydrogens is 284 g/mol. The number of amides is 1. The van der Waals surface area contributed by atoms with Crippen molar-refractivity contribution < 1.29 is 4.79 Å². The Morgan fingerprint density at radius 3 is 2.10 bits per heavy atom. The molecule has 1 amide bonds. The van der Waals surface area contributed by atoms with Gasteiger partial charge in [-0.3, -0.25) is 4.79 Å². The monoisotopic (exact) mass is 312 g/mol. The predicted octanol–water partition coefficient (Wildman–Crippen LogP) is 3.41. The molecule has 1 aromatic rings. The highest BCUT2D eigenvalue weighted by Crippen LogP contribution is 2.27. The number of nitrogens with one attached hydrogen (secondary N) is 1. The number of carbonyl (C=O) groups excluding carboxylic acids is 1. The fourth-order valence-corrected chi connectivity index (χ4v) is 2.50. The fraction of sp³-hybridized carbons (Fsp3) is 0.588. The third-order valence-electron chi connectivity index (χ3n) is 4.31. The molecule has 120 valence electrons. The minimum atomic E-state index is -0.260. The van der Waals surface area contributed by atoms with E-state index in [-0.39, 0.29) is 29.3 Å². The maximum absolute atomic E-state index is 12.4. The van der Waals surface area contributed by atoms with Gasteiger partial charge >= 0.3 is 0 Å². The summed E-state index contributed by atoms with van der Waals surface area (Å²) in [7, 11) is 0. The topological polar surface area (TPSA) is 55.1 Å². The van der Waals surface area contributed by atoms with Gasteiger partial charge in [-0.1, -0.05) is 58.0 Å². The Morgan fingerprint density at radius 1 is 1.14 bits per heavy atom. The summed E-state index contributed by atoms with van der Waals surface area (Å²) in [5, 5.41) is 3.14. The Hall–Kier alpha value is -1.06. The van der Waals surface area contributed by atoms with Crippen molar-refractivity contribution in [3.8, 4) is 0 Å². The van der Waals surface area contributed by atoms with Crippen molar-refractivity contribution in [3.05, 3.63) is 35.9 Å². The van der Waals surface area contributed by atoms with E-state index in [1.807, 2.05) is 18.2 Å². The number of nitrogens with two attached hydrogens (primary N) is 1. The SMILES string of the molecule is CCC(CC)(CN)NC(=O)CC(C)(C)c1ccccc1.Cl. The molecule has 0 atom stereocenters. The van der Waals surface area contributed by atoms with Crippen molar-refractivity contribution in [1.29, 1.82) is 0 Å². The maximum atomic E-state index is 12.4. The van der Waals surface area contributed by atoms with E-state index in [0.29, 0.717) is 13.0 Å². The second-order valence-corrected chi connectivity index (χ2v) is 6.17. The van der Waals surface area contributed by atoms with Crippen LogP contribution < -0.4 is 11.1 Å². The van der Waals surface area contributed by atoms with Gasteiger partial charge in [0.2, 0.25) is 5.91 Å². The van der Waals surface area contributed by atoms with Crippen LogP contribution in [-0.2, 0) is 10.2 Å². The van der Waals surface area contributed by atoms with E-state index in [9.17, 15) is 4.79 Å². The van der Waals surface area contributed by atoms with Crippen LogP contribution in [0, 0.1) is 0 Å². The van der Waals surface area contributed by atoms with Gasteiger partial charge in [0.05, 0.1) is 5.54 Å². The molecule has 0 aromatic heterocycles. The van der Waals surface area contributed by atoms with E-state index >= 15 is 0 Å². The number of carbonyl (C=O) groups is 1. The fourth-order valence-electron chi connectivity index (χ4n) is 2.50. The summed E-state index contributed by atoms with van der Waals surface area (Å²) < 4.78 is 0. The molecular formula is C17H29ClN2O. The molecule has 0 saturated heterocycles. The predicted molar refractivity (Wildman–Crippen MR) is 91.8 cm³/mol. The van der Waals surface area contributed by atoms with Crippen LogP contribution in [0.2, 0.25) is 0 Å². The highest BCUT2D eigenvalue weighted by atomic mass is 35.5. The Morgan fingerprint density at radius 2 is 1.67 bits per heavy atom. The van der Waals surface area contributed by atoms with Crippen molar-refractivity contribution in [2.75, 3.05) is 6.54 Å². The highest BCUT2D eigenvalue weighted by molar-refractivity contribution is 5.85. The molecule has 0 aliphatic rings. The van der Waals surface area contributed by atoms with Crippen LogP contribution in [0.15, 0.2) is 30.3 Å². The summed E-state index contributed by atoms with van der Waals surface area (Å²) in [5.74, 6) is 0.0769. The van der Waals surface area contributed by atoms with Crippen LogP contribution >= 0.6 is 12.4 Å². The average molecular weight is 313 g/mol. The van der Waals surface area contributed by atoms with E-state index in [1.54, 1.807) is 0 Å². The normalized spacial score (nSPS) is 11.7. The molecule has 0 bridgehead atoms. The van der Waals surface area contributed by atoms with Gasteiger partial charge in [0.15, 0.2) is 0 Å². The van der Waals surface area contributed by atoms with Gasteiger partial charge in [0.25, 0.3) is 0 Å². The molecule has 4 heteroatoms. The summed E-state index contributed by atoms with van der Waals surface area (Å²) in [5.41, 5.74) is 6.59. The molecule has 0 aliphatic carbocycles. The maximum Gasteiger partial charge on any atom is 0.221 e. The molecule has 0 saturated carbocycles. The second kappa shape index (κ2) is 8.40. The standard InChI is InChI=1S/C17H28N2O.ClH/c1-5-17(6-2,13-18)19-15(20)12-16(3,4)14-10-8-7-9-11-14;/h7-11H,5-6,12-13,18H2,1-4H3,(H,19,20);1H. The third-order valence-corrected chi connectivity index (χ3v) is 4.31. The van der Waals surface area contributed by atoms with Crippen LogP contribution in [0.3, 0.4) is 0 Å². The van der Waals surface area contributed by atoms with E-state index in [1.165, 1.54) is 5.56 Å². The van der Waals surface area contributed by atoms with E-state index in [4.69, 9.17) is 5.73 Å². The number of hydrogen-bond acceptors (Lipinski definition) is 2. The van der Waals surface area contributed by atoms with E-state index in [0.717, 1.165) is 12.8 Å². The first kappa shape index (κ1) is 19.9. The zero-order chi connectivity index (χ0) is 15.2. The molecule has 0 heterocycles. The quantitative estimate of drug-likeness (QED) is 0.810. The molecule has 3 N–H and O–H groups in total. The van der Waals surface area contributed by atoms with Crippen molar-refractivity contribution in [3.63, 3.8) is 0 Å². The Balaban J connectivity index is 0.00000400. The van der Waals surface area contributed by atoms with Gasteiger partial charge < -0.3 is 11.1 Å². The van der Waals surface area contributed by atoms with Gasteiger partial charge in [0, 0.05) is 13.0 Å². The van der Waals surface area contributed by atoms with Gasteiger partial charge in [-0.15, -0.1) is 12.4 Å². The largest absolute Gasteiger partial charge is 0.349 e. The van der Waals surface area contributed by atoms with E-state index in [2.05, 4.69) is 45.1 Å². The van der Waals surface area contributed by atoms with Gasteiger partial charge in [-0.25, -0.2) is 0 Å². The molecule has 0 unspecified atom stereocenters. The van der Waals surface area contributed by atoms with Gasteiger partial charge in [-0.2, -0.15) is 0 Å². The number of halogens is 1. The van der Waals surface area contributed by atoms with Crippen LogP contribution in [0.4, 0.5) is 0 Å². The van der Waals surface area contributed by atoms with E-state index < -0.39 is 0 Å². The smallest absolute Gasteiger partial charge is 0.221 e. The second-order valence-electron chi connectivity index (χ2n) is 6.17. The first-order valence-corrected chi connectivity index (χ1v) is 7.46. The van der Waals surface area contributed by atoms with Crippen LogP contribution in [0.1, 0.15) is 52.5 Å². The summed E-state index contributed by atoms with van der Waals surface area (Å²) >= 11 is 0. The molecule has 0 aliphatic heterocycles. The molecule has 1 rings (SSSR count). The van der Waals surface area contributed by atoms with Gasteiger partial charge in [-0.05, 0) is 23.8 Å². The number of rotatable bonds is 7. The molecule has 0 radical (unpaired) electrons. The summed E-state index contributed by atoms with van der Waals surface area (Å²) in [6.07, 6.45) is 2.19. The van der Waals surface area contributed by atoms with Crippen molar-refractivity contribution >= 4 is 18.3 Å². The zero-order valence-electron chi connectivity index (χ0n) is 13.6. The zero-order valence-corrected chi connectivity index (χ0v) is 14.4. The average Bonchev–Trinajstić information content (AvgIpc) is 2.45. The Bertz CT molecular complexity index is 419. The lowest BCUT2D eigenvalue weighted by atomic mass is 9.81. The van der Waals surface area contributed by atoms with Crippen LogP contribution in [0.5, 0.6) is 0 Å². The van der Waals surface area contributed by atoms with Crippen LogP contribution in [0.25, 0.3) is 0 Å². The molecule has 21 heavy (non-hydrogen) atoms. The Kier molecular flexibility index (Phi) is 7.98. The third kappa shape index (κ3) is 5.33. The lowest BCUT2D eigenvalue weighted by Gasteiger charge is -2.33. The van der Waals surface area contributed by atoms with Crippen molar-refractivity contribution in [2.45, 2.75) is 57.9 Å². The first-order valence-electron chi connectivity index (χ1n) is 7.46. The minimum absolute atomic E-state index is 0. The number of benzene rings is 1. The first-order chi connectivity index (χ1) is 9.39. The Labute approximate surface area is 135 Å². The lowest BCUT2D eigenvalue weighted by Crippen LogP contribution is -2.53. The molecule has 0 spiro atoms. The highest BCUT2D eigenvalue weighted by Gasteiger charge is 2.30.